The highest BCUT2D eigenvalue weighted by atomic mass is 16.5. The summed E-state index contributed by atoms with van der Waals surface area (Å²) in [6, 6.07) is 26.2. The first-order valence-electron chi connectivity index (χ1n) is 10.0. The van der Waals surface area contributed by atoms with E-state index in [1.54, 1.807) is 7.11 Å². The van der Waals surface area contributed by atoms with Gasteiger partial charge in [0.05, 0.1) is 19.7 Å². The van der Waals surface area contributed by atoms with E-state index in [1.165, 1.54) is 11.1 Å². The number of nitrogens with one attached hydrogen (secondary N) is 1. The maximum Gasteiger partial charge on any atom is 0.234 e. The van der Waals surface area contributed by atoms with Crippen molar-refractivity contribution in [2.75, 3.05) is 20.2 Å². The fraction of sp³-hybridized carbons (Fsp3) is 0.240. The van der Waals surface area contributed by atoms with Crippen LogP contribution in [-0.2, 0) is 17.8 Å². The molecule has 0 saturated heterocycles. The molecule has 1 N–H and O–H groups in total. The molecule has 0 spiro atoms. The Kier molecular flexibility index (Phi) is 5.92. The second-order valence-corrected chi connectivity index (χ2v) is 7.38. The summed E-state index contributed by atoms with van der Waals surface area (Å²) >= 11 is 0. The smallest absolute Gasteiger partial charge is 0.234 e. The maximum absolute atomic E-state index is 13.0. The minimum absolute atomic E-state index is 0.0288. The van der Waals surface area contributed by atoms with E-state index in [4.69, 9.17) is 4.74 Å². The van der Waals surface area contributed by atoms with Crippen LogP contribution in [0.3, 0.4) is 0 Å². The predicted molar refractivity (Wildman–Crippen MR) is 115 cm³/mol. The highest BCUT2D eigenvalue weighted by Gasteiger charge is 2.23. The summed E-state index contributed by atoms with van der Waals surface area (Å²) < 4.78 is 5.52. The van der Waals surface area contributed by atoms with Crippen molar-refractivity contribution in [1.82, 2.24) is 10.2 Å². The summed E-state index contributed by atoms with van der Waals surface area (Å²) in [5, 5.41) is 3.24. The summed E-state index contributed by atoms with van der Waals surface area (Å²) in [4.78, 5) is 15.1. The highest BCUT2D eigenvalue weighted by molar-refractivity contribution is 5.79. The Balaban J connectivity index is 1.48. The van der Waals surface area contributed by atoms with Gasteiger partial charge in [0.15, 0.2) is 0 Å². The van der Waals surface area contributed by atoms with Gasteiger partial charge in [-0.3, -0.25) is 9.69 Å². The van der Waals surface area contributed by atoms with Gasteiger partial charge in [0.1, 0.15) is 5.75 Å². The standard InChI is InChI=1S/C25H26N2O2/c1-29-23-14-8-13-19-15-16-27(17-22(19)23)18-24(28)26-25(20-9-4-2-5-10-20)21-11-6-3-7-12-21/h2-14,25H,15-18H2,1H3,(H,26,28). The zero-order valence-electron chi connectivity index (χ0n) is 16.7. The SMILES string of the molecule is COc1cccc2c1CN(CC(=O)NC(c1ccccc1)c1ccccc1)CC2. The van der Waals surface area contributed by atoms with Crippen LogP contribution in [0.25, 0.3) is 0 Å². The normalized spacial score (nSPS) is 13.7. The summed E-state index contributed by atoms with van der Waals surface area (Å²) in [5.74, 6) is 0.931. The number of rotatable bonds is 6. The molecule has 1 amide bonds. The molecule has 0 bridgehead atoms. The molecule has 0 fully saturated rings. The van der Waals surface area contributed by atoms with Gasteiger partial charge in [-0.25, -0.2) is 0 Å². The lowest BCUT2D eigenvalue weighted by molar-refractivity contribution is -0.123. The van der Waals surface area contributed by atoms with Gasteiger partial charge in [-0.15, -0.1) is 0 Å². The largest absolute Gasteiger partial charge is 0.496 e. The number of methoxy groups -OCH3 is 1. The summed E-state index contributed by atoms with van der Waals surface area (Å²) in [5.41, 5.74) is 4.67. The number of carbonyl (C=O) groups is 1. The van der Waals surface area contributed by atoms with Crippen LogP contribution in [0.5, 0.6) is 5.75 Å². The van der Waals surface area contributed by atoms with Crippen molar-refractivity contribution >= 4 is 5.91 Å². The van der Waals surface area contributed by atoms with Gasteiger partial charge in [-0.1, -0.05) is 72.8 Å². The number of benzene rings is 3. The third-order valence-corrected chi connectivity index (χ3v) is 5.47. The van der Waals surface area contributed by atoms with Crippen LogP contribution >= 0.6 is 0 Å². The molecule has 0 aliphatic carbocycles. The highest BCUT2D eigenvalue weighted by Crippen LogP contribution is 2.28. The molecule has 1 heterocycles. The molecular formula is C25H26N2O2. The molecule has 3 aromatic rings. The van der Waals surface area contributed by atoms with E-state index >= 15 is 0 Å². The van der Waals surface area contributed by atoms with Gasteiger partial charge in [-0.2, -0.15) is 0 Å². The second-order valence-electron chi connectivity index (χ2n) is 7.38. The summed E-state index contributed by atoms with van der Waals surface area (Å²) in [7, 11) is 1.70. The van der Waals surface area contributed by atoms with Crippen molar-refractivity contribution in [1.29, 1.82) is 0 Å². The third-order valence-electron chi connectivity index (χ3n) is 5.47. The average Bonchev–Trinajstić information content (AvgIpc) is 2.78. The lowest BCUT2D eigenvalue weighted by atomic mass is 9.98. The van der Waals surface area contributed by atoms with Crippen LogP contribution in [0, 0.1) is 0 Å². The van der Waals surface area contributed by atoms with E-state index in [2.05, 4.69) is 40.5 Å². The van der Waals surface area contributed by atoms with Crippen molar-refractivity contribution in [3.63, 3.8) is 0 Å². The molecule has 0 unspecified atom stereocenters. The van der Waals surface area contributed by atoms with Gasteiger partial charge in [0.25, 0.3) is 0 Å². The van der Waals surface area contributed by atoms with Crippen LogP contribution in [-0.4, -0.2) is 31.0 Å². The molecule has 4 nitrogen and oxygen atoms in total. The fourth-order valence-corrected chi connectivity index (χ4v) is 3.99. The van der Waals surface area contributed by atoms with Crippen molar-refractivity contribution in [2.24, 2.45) is 0 Å². The Morgan fingerprint density at radius 2 is 1.62 bits per heavy atom. The van der Waals surface area contributed by atoms with Crippen LogP contribution in [0.15, 0.2) is 78.9 Å². The summed E-state index contributed by atoms with van der Waals surface area (Å²) in [6.45, 7) is 1.97. The van der Waals surface area contributed by atoms with Crippen molar-refractivity contribution in [3.8, 4) is 5.75 Å². The maximum atomic E-state index is 13.0. The molecular weight excluding hydrogens is 360 g/mol. The lowest BCUT2D eigenvalue weighted by Gasteiger charge is -2.30. The quantitative estimate of drug-likeness (QED) is 0.697. The molecule has 1 aliphatic heterocycles. The number of fused-ring (bicyclic) bond motifs is 1. The number of hydrogen-bond donors (Lipinski definition) is 1. The van der Waals surface area contributed by atoms with Crippen LogP contribution in [0.2, 0.25) is 0 Å². The molecule has 148 valence electrons. The van der Waals surface area contributed by atoms with Crippen molar-refractivity contribution in [2.45, 2.75) is 19.0 Å². The number of carbonyl (C=O) groups excluding carboxylic acids is 1. The fourth-order valence-electron chi connectivity index (χ4n) is 3.99. The Morgan fingerprint density at radius 3 is 2.24 bits per heavy atom. The minimum atomic E-state index is -0.156. The molecule has 3 aromatic carbocycles. The molecule has 0 aromatic heterocycles. The number of hydrogen-bond acceptors (Lipinski definition) is 3. The Bertz CT molecular complexity index is 903. The molecule has 4 heteroatoms. The number of nitrogens with zero attached hydrogens (tertiary/aromatic N) is 1. The van der Waals surface area contributed by atoms with Gasteiger partial charge in [-0.05, 0) is 29.2 Å². The van der Waals surface area contributed by atoms with E-state index in [-0.39, 0.29) is 11.9 Å². The van der Waals surface area contributed by atoms with E-state index in [1.807, 2.05) is 48.5 Å². The molecule has 0 saturated carbocycles. The molecule has 1 aliphatic rings. The van der Waals surface area contributed by atoms with Crippen molar-refractivity contribution in [3.05, 3.63) is 101 Å². The Morgan fingerprint density at radius 1 is 0.966 bits per heavy atom. The lowest BCUT2D eigenvalue weighted by Crippen LogP contribution is -2.41. The van der Waals surface area contributed by atoms with Gasteiger partial charge < -0.3 is 10.1 Å². The van der Waals surface area contributed by atoms with Gasteiger partial charge in [0.2, 0.25) is 5.91 Å². The zero-order valence-corrected chi connectivity index (χ0v) is 16.7. The average molecular weight is 386 g/mol. The van der Waals surface area contributed by atoms with Gasteiger partial charge >= 0.3 is 0 Å². The first-order chi connectivity index (χ1) is 14.2. The predicted octanol–water partition coefficient (Wildman–Crippen LogP) is 3.96. The number of amides is 1. The second kappa shape index (κ2) is 8.93. The Hall–Kier alpha value is -3.11. The minimum Gasteiger partial charge on any atom is -0.496 e. The number of ether oxygens (including phenoxy) is 1. The van der Waals surface area contributed by atoms with E-state index in [0.29, 0.717) is 6.54 Å². The van der Waals surface area contributed by atoms with E-state index < -0.39 is 0 Å². The monoisotopic (exact) mass is 386 g/mol. The van der Waals surface area contributed by atoms with Crippen LogP contribution < -0.4 is 10.1 Å². The molecule has 0 radical (unpaired) electrons. The first-order valence-corrected chi connectivity index (χ1v) is 10.0. The summed E-state index contributed by atoms with van der Waals surface area (Å²) in [6.07, 6.45) is 0.931. The van der Waals surface area contributed by atoms with Crippen molar-refractivity contribution < 1.29 is 9.53 Å². The first kappa shape index (κ1) is 19.2. The van der Waals surface area contributed by atoms with E-state index in [9.17, 15) is 4.79 Å². The zero-order chi connectivity index (χ0) is 20.1. The van der Waals surface area contributed by atoms with Gasteiger partial charge in [0, 0.05) is 18.7 Å². The Labute approximate surface area is 172 Å². The molecule has 0 atom stereocenters. The third kappa shape index (κ3) is 4.49. The molecule has 4 rings (SSSR count). The molecule has 29 heavy (non-hydrogen) atoms. The topological polar surface area (TPSA) is 41.6 Å². The van der Waals surface area contributed by atoms with E-state index in [0.717, 1.165) is 36.4 Å². The van der Waals surface area contributed by atoms with Crippen LogP contribution in [0.4, 0.5) is 0 Å². The van der Waals surface area contributed by atoms with Crippen LogP contribution in [0.1, 0.15) is 28.3 Å².